The van der Waals surface area contributed by atoms with Gasteiger partial charge in [-0.3, -0.25) is 19.2 Å². The van der Waals surface area contributed by atoms with Crippen molar-refractivity contribution >= 4 is 90.4 Å². The largest absolute Gasteiger partial charge is 0.396 e. The number of alkyl halides is 1. The summed E-state index contributed by atoms with van der Waals surface area (Å²) >= 11 is 12.3. The number of nitrogen functional groups attached to an aromatic ring is 4. The molecule has 3 saturated carbocycles. The summed E-state index contributed by atoms with van der Waals surface area (Å²) in [5, 5.41) is 59.3. The molecular weight excluding hydrogens is 1820 g/mol. The van der Waals surface area contributed by atoms with E-state index >= 15 is 8.78 Å². The Morgan fingerprint density at radius 3 is 1.36 bits per heavy atom. The second kappa shape index (κ2) is 44.3. The van der Waals surface area contributed by atoms with Crippen molar-refractivity contribution in [3.8, 4) is 44.8 Å². The van der Waals surface area contributed by atoms with Gasteiger partial charge in [0.25, 0.3) is 23.6 Å². The highest BCUT2D eigenvalue weighted by atomic mass is 79.9. The smallest absolute Gasteiger partial charge is 0.254 e. The lowest BCUT2D eigenvalue weighted by Crippen LogP contribution is -2.31. The van der Waals surface area contributed by atoms with Gasteiger partial charge in [0.2, 0.25) is 0 Å². The molecule has 0 spiro atoms. The number of nitrogens with two attached hydrogens (primary N) is 4. The van der Waals surface area contributed by atoms with E-state index in [1.54, 1.807) is 67.1 Å². The van der Waals surface area contributed by atoms with Crippen molar-refractivity contribution in [2.24, 2.45) is 5.92 Å². The maximum absolute atomic E-state index is 15.0. The molecule has 0 unspecified atom stereocenters. The molecule has 24 nitrogen and oxygen atoms in total. The SMILES string of the molecule is Nc1ncc(C2CCC(CO)CC2)nc1-c1ccc(C(=O)N[C@H](CO)c2cc(F)cc(Br)c2)c(F)c1.Nc1ncc(C2CCC(F)CC2)nc1-c1ccc(C(=O)N[C@H](CO)c2cccc(Cl)c2)c(F)c1.Nc1ncc(C2CCC(O)CC2)cc1-c1ccc(C(=O)N[C@H](CO)c2cc(F)cc(Br)c2)c(F)c1.Nc1ncc(C2CCOCC2)cc1-c1ccc2c(c1)CCNC2=O. The van der Waals surface area contributed by atoms with Crippen molar-refractivity contribution in [1.29, 1.82) is 0 Å². The predicted octanol–water partition coefficient (Wildman–Crippen LogP) is 16.8. The summed E-state index contributed by atoms with van der Waals surface area (Å²) in [6, 6.07) is 34.4. The Hall–Kier alpha value is -11.3. The van der Waals surface area contributed by atoms with Gasteiger partial charge in [-0.05, 0) is 262 Å². The summed E-state index contributed by atoms with van der Waals surface area (Å²) in [5.74, 6) is -3.19. The fourth-order valence-corrected chi connectivity index (χ4v) is 18.0. The average molecular weight is 1920 g/mol. The zero-order valence-electron chi connectivity index (χ0n) is 70.2. The van der Waals surface area contributed by atoms with Crippen LogP contribution in [0.2, 0.25) is 5.02 Å². The number of amides is 4. The lowest BCUT2D eigenvalue weighted by atomic mass is 9.81. The minimum atomic E-state index is -0.928. The van der Waals surface area contributed by atoms with Crippen molar-refractivity contribution in [3.63, 3.8) is 0 Å². The number of hydrogen-bond acceptors (Lipinski definition) is 20. The Balaban J connectivity index is 0.000000148. The molecule has 33 heteroatoms. The summed E-state index contributed by atoms with van der Waals surface area (Å²) < 4.78 is 92.4. The summed E-state index contributed by atoms with van der Waals surface area (Å²) in [4.78, 5) is 76.6. The van der Waals surface area contributed by atoms with Gasteiger partial charge in [0.05, 0.1) is 84.5 Å². The number of aliphatic hydroxyl groups is 5. The van der Waals surface area contributed by atoms with Crippen molar-refractivity contribution < 1.29 is 75.8 Å². The van der Waals surface area contributed by atoms with Crippen LogP contribution in [-0.2, 0) is 11.2 Å². The number of hydrogen-bond donors (Lipinski definition) is 13. The van der Waals surface area contributed by atoms with Crippen molar-refractivity contribution in [1.82, 2.24) is 51.2 Å². The maximum Gasteiger partial charge on any atom is 0.254 e. The summed E-state index contributed by atoms with van der Waals surface area (Å²) in [7, 11) is 0. The summed E-state index contributed by atoms with van der Waals surface area (Å²) in [6.45, 7) is 1.11. The summed E-state index contributed by atoms with van der Waals surface area (Å²) in [6.07, 6.45) is 17.7. The number of pyridine rings is 2. The zero-order chi connectivity index (χ0) is 91.7. The van der Waals surface area contributed by atoms with Crippen LogP contribution in [-0.4, -0.2) is 138 Å². The second-order valence-electron chi connectivity index (χ2n) is 32.7. The molecular formula is C96H99Br2ClF6N14O10. The van der Waals surface area contributed by atoms with Crippen LogP contribution in [0.5, 0.6) is 0 Å². The number of nitrogens with one attached hydrogen (secondary N) is 4. The molecule has 16 rings (SSSR count). The van der Waals surface area contributed by atoms with E-state index in [2.05, 4.69) is 95.2 Å². The Morgan fingerprint density at radius 1 is 0.473 bits per heavy atom. The molecule has 0 bridgehead atoms. The molecule has 5 aliphatic rings. The Morgan fingerprint density at radius 2 is 0.899 bits per heavy atom. The van der Waals surface area contributed by atoms with Gasteiger partial charge >= 0.3 is 0 Å². The normalized spacial score (nSPS) is 18.6. The molecule has 6 heterocycles. The molecule has 4 amide bonds. The Labute approximate surface area is 763 Å². The quantitative estimate of drug-likeness (QED) is 0.0297. The summed E-state index contributed by atoms with van der Waals surface area (Å²) in [5.41, 5.74) is 34.9. The molecule has 1 saturated heterocycles. The monoisotopic (exact) mass is 1910 g/mol. The number of fused-ring (bicyclic) bond motifs is 1. The number of ether oxygens (including phenoxy) is 1. The Kier molecular flexibility index (Phi) is 32.7. The third-order valence-corrected chi connectivity index (χ3v) is 25.3. The molecule has 676 valence electrons. The number of rotatable bonds is 21. The van der Waals surface area contributed by atoms with Crippen LogP contribution in [0.1, 0.15) is 218 Å². The van der Waals surface area contributed by atoms with E-state index in [9.17, 15) is 62.3 Å². The molecule has 0 radical (unpaired) electrons. The molecule has 3 aliphatic carbocycles. The van der Waals surface area contributed by atoms with Gasteiger partial charge in [-0.15, -0.1) is 0 Å². The highest BCUT2D eigenvalue weighted by molar-refractivity contribution is 9.10. The minimum absolute atomic E-state index is 0.00449. The fourth-order valence-electron chi connectivity index (χ4n) is 16.8. The van der Waals surface area contributed by atoms with Crippen LogP contribution in [0.25, 0.3) is 44.8 Å². The van der Waals surface area contributed by atoms with Crippen LogP contribution in [0.4, 0.5) is 49.6 Å². The topological polar surface area (TPSA) is 408 Å². The van der Waals surface area contributed by atoms with E-state index in [1.165, 1.54) is 72.3 Å². The lowest BCUT2D eigenvalue weighted by molar-refractivity contribution is 0.0852. The molecule has 4 fully saturated rings. The molecule has 129 heavy (non-hydrogen) atoms. The van der Waals surface area contributed by atoms with Crippen LogP contribution < -0.4 is 44.2 Å². The number of carbonyl (C=O) groups excluding carboxylic acids is 4. The van der Waals surface area contributed by atoms with Gasteiger partial charge in [-0.1, -0.05) is 85.9 Å². The number of benzene rings is 7. The van der Waals surface area contributed by atoms with Gasteiger partial charge in [-0.25, -0.2) is 56.2 Å². The molecule has 7 aromatic carbocycles. The lowest BCUT2D eigenvalue weighted by Gasteiger charge is -2.27. The molecule has 17 N–H and O–H groups in total. The van der Waals surface area contributed by atoms with Gasteiger partial charge in [0.15, 0.2) is 0 Å². The minimum Gasteiger partial charge on any atom is -0.396 e. The molecule has 3 atom stereocenters. The third kappa shape index (κ3) is 24.4. The number of nitrogens with zero attached hydrogens (tertiary/aromatic N) is 6. The van der Waals surface area contributed by atoms with Crippen molar-refractivity contribution in [2.45, 2.75) is 150 Å². The zero-order valence-corrected chi connectivity index (χ0v) is 74.1. The highest BCUT2D eigenvalue weighted by Crippen LogP contribution is 2.42. The van der Waals surface area contributed by atoms with E-state index in [0.29, 0.717) is 120 Å². The second-order valence-corrected chi connectivity index (χ2v) is 35.0. The average Bonchev–Trinajstić information content (AvgIpc) is 0.814. The van der Waals surface area contributed by atoms with Gasteiger partial charge in [0, 0.05) is 92.4 Å². The van der Waals surface area contributed by atoms with Crippen molar-refractivity contribution in [2.75, 3.05) is 69.1 Å². The van der Waals surface area contributed by atoms with E-state index in [0.717, 1.165) is 117 Å². The first-order valence-corrected chi connectivity index (χ1v) is 44.6. The van der Waals surface area contributed by atoms with Crippen LogP contribution in [0.3, 0.4) is 0 Å². The maximum atomic E-state index is 15.0. The predicted molar refractivity (Wildman–Crippen MR) is 487 cm³/mol. The van der Waals surface area contributed by atoms with Gasteiger partial charge in [0.1, 0.15) is 69.9 Å². The van der Waals surface area contributed by atoms with Crippen LogP contribution in [0.15, 0.2) is 179 Å². The first-order chi connectivity index (χ1) is 62.1. The number of aliphatic hydroxyl groups excluding tert-OH is 5. The van der Waals surface area contributed by atoms with Gasteiger partial charge in [-0.2, -0.15) is 0 Å². The highest BCUT2D eigenvalue weighted by Gasteiger charge is 2.31. The van der Waals surface area contributed by atoms with Crippen LogP contribution >= 0.6 is 43.5 Å². The third-order valence-electron chi connectivity index (χ3n) is 24.1. The molecule has 2 aliphatic heterocycles. The Bertz CT molecular complexity index is 5810. The molecule has 4 aromatic heterocycles. The number of anilines is 4. The van der Waals surface area contributed by atoms with E-state index in [-0.39, 0.29) is 77.1 Å². The first kappa shape index (κ1) is 95.3. The number of halogens is 9. The number of aromatic nitrogens is 6. The van der Waals surface area contributed by atoms with E-state index in [1.807, 2.05) is 24.4 Å². The molecule has 11 aromatic rings. The fraction of sp³-hybridized carbons (Fsp3) is 0.333. The van der Waals surface area contributed by atoms with Crippen molar-refractivity contribution in [3.05, 3.63) is 280 Å². The van der Waals surface area contributed by atoms with E-state index < -0.39 is 84.3 Å². The van der Waals surface area contributed by atoms with Crippen LogP contribution in [0, 0.1) is 35.0 Å². The van der Waals surface area contributed by atoms with E-state index in [4.69, 9.17) is 39.3 Å². The number of carbonyl (C=O) groups is 4. The first-order valence-electron chi connectivity index (χ1n) is 42.6. The van der Waals surface area contributed by atoms with Gasteiger partial charge < -0.3 is 74.5 Å². The standard InChI is InChI=1S/C26H27BrF2N4O3.C26H26BrF2N3O3.C25H25ClF2N4O2.C19H21N3O2/c27-18-7-17(8-19(28)10-18)23(13-35)33-26(36)20-6-5-16(9-21(20)29)24-25(30)31-11-22(32-24)15-3-1-14(12-34)2-4-15;27-18-7-16(8-19(28)11-18)24(13-33)32-26(35)21-6-3-15(10-23(21)29)22-9-17(12-31-25(22)30)14-1-4-20(34)5-2-14;26-17-3-1-2-15(10-17)22(13-33)32-25(34)19-9-6-16(11-20(19)28)23-24(29)30-12-21(31-23)14-4-7-18(27)8-5-14;20-18-17(10-15(11-22-18)12-4-7-24-8-5-12)13-1-2-16-14(9-13)3-6-21-19(16)23/h5-11,14-15,23,34-35H,1-4,12-13H2,(H2,30,31)(H,33,36);3,6-12,14,20,24,33-34H,1-2,4-5,13H2,(H2,30,31)(H,32,35);1-3,6,9-12,14,18,22,33H,4-5,7-8,13H2,(H2,29,30)(H,32,34);1-2,9-12H,3-8H2,(H2,20,22)(H,21,23)/t14?,15?,23-;14?,20?,24-;14?,18?,22-;/m111./s1.